The lowest BCUT2D eigenvalue weighted by molar-refractivity contribution is -0.117. The fourth-order valence-electron chi connectivity index (χ4n) is 5.69. The van der Waals surface area contributed by atoms with Crippen LogP contribution in [0.15, 0.2) is 61.3 Å². The van der Waals surface area contributed by atoms with E-state index in [2.05, 4.69) is 27.9 Å². The van der Waals surface area contributed by atoms with Gasteiger partial charge >= 0.3 is 0 Å². The number of aliphatic hydroxyl groups is 1. The molecule has 4 heterocycles. The smallest absolute Gasteiger partial charge is 0.241 e. The van der Waals surface area contributed by atoms with Gasteiger partial charge in [-0.05, 0) is 92.9 Å². The molecule has 4 N–H and O–H groups in total. The molecule has 0 saturated carbocycles. The second-order valence-electron chi connectivity index (χ2n) is 10.5. The van der Waals surface area contributed by atoms with Crippen molar-refractivity contribution in [2.24, 2.45) is 17.6 Å². The van der Waals surface area contributed by atoms with Crippen molar-refractivity contribution in [3.63, 3.8) is 0 Å². The number of hydrogen-bond acceptors (Lipinski definition) is 6. The highest BCUT2D eigenvalue weighted by atomic mass is 16.5. The molecule has 3 aromatic rings. The van der Waals surface area contributed by atoms with Gasteiger partial charge in [-0.15, -0.1) is 6.58 Å². The number of amides is 1. The van der Waals surface area contributed by atoms with Gasteiger partial charge in [-0.1, -0.05) is 24.3 Å². The van der Waals surface area contributed by atoms with Crippen LogP contribution in [0.3, 0.4) is 0 Å². The minimum atomic E-state index is -0.504. The maximum Gasteiger partial charge on any atom is 0.241 e. The van der Waals surface area contributed by atoms with Gasteiger partial charge in [-0.25, -0.2) is 0 Å². The molecule has 0 aliphatic carbocycles. The van der Waals surface area contributed by atoms with Crippen LogP contribution in [-0.2, 0) is 4.79 Å². The molecule has 3 saturated heterocycles. The molecule has 2 bridgehead atoms. The number of aromatic nitrogens is 1. The van der Waals surface area contributed by atoms with E-state index in [-0.39, 0.29) is 11.9 Å². The van der Waals surface area contributed by atoms with Gasteiger partial charge in [0.05, 0.1) is 24.8 Å². The van der Waals surface area contributed by atoms with E-state index >= 15 is 0 Å². The third kappa shape index (κ3) is 5.90. The number of fused-ring (bicyclic) bond motifs is 4. The second kappa shape index (κ2) is 12.1. The number of anilines is 1. The van der Waals surface area contributed by atoms with Crippen LogP contribution < -0.4 is 15.8 Å². The molecule has 38 heavy (non-hydrogen) atoms. The summed E-state index contributed by atoms with van der Waals surface area (Å²) in [5.74, 6) is 1.86. The number of para-hydroxylation sites is 1. The van der Waals surface area contributed by atoms with E-state index in [0.29, 0.717) is 11.8 Å². The van der Waals surface area contributed by atoms with Gasteiger partial charge in [0.1, 0.15) is 5.75 Å². The number of carbonyl (C=O) groups excluding carboxylic acids is 1. The number of aliphatic hydroxyl groups excluding tert-OH is 1. The summed E-state index contributed by atoms with van der Waals surface area (Å²) >= 11 is 0. The van der Waals surface area contributed by atoms with E-state index in [1.54, 1.807) is 20.2 Å². The topological polar surface area (TPSA) is 101 Å². The van der Waals surface area contributed by atoms with Gasteiger partial charge in [-0.2, -0.15) is 0 Å². The zero-order valence-electron chi connectivity index (χ0n) is 22.9. The number of benzene rings is 2. The first-order valence-electron chi connectivity index (χ1n) is 13.3. The highest BCUT2D eigenvalue weighted by molar-refractivity contribution is 5.95. The summed E-state index contributed by atoms with van der Waals surface area (Å²) in [4.78, 5) is 18.2. The lowest BCUT2D eigenvalue weighted by Gasteiger charge is -2.50. The lowest BCUT2D eigenvalue weighted by atomic mass is 9.73. The maximum absolute atomic E-state index is 11.4. The summed E-state index contributed by atoms with van der Waals surface area (Å²) in [5.41, 5.74) is 10.3. The molecule has 1 aromatic heterocycles. The Kier molecular flexibility index (Phi) is 8.82. The third-order valence-electron chi connectivity index (χ3n) is 7.96. The number of nitrogens with two attached hydrogens (primary N) is 1. The summed E-state index contributed by atoms with van der Waals surface area (Å²) in [6.45, 7) is 11.7. The van der Waals surface area contributed by atoms with Crippen molar-refractivity contribution in [1.29, 1.82) is 0 Å². The summed E-state index contributed by atoms with van der Waals surface area (Å²) in [6.07, 6.45) is 5.62. The molecule has 7 nitrogen and oxygen atoms in total. The van der Waals surface area contributed by atoms with Crippen molar-refractivity contribution in [3.05, 3.63) is 78.0 Å². The molecule has 7 heteroatoms. The van der Waals surface area contributed by atoms with Crippen LogP contribution in [-0.4, -0.2) is 53.2 Å². The maximum atomic E-state index is 11.4. The van der Waals surface area contributed by atoms with Gasteiger partial charge in [-0.3, -0.25) is 14.7 Å². The molecule has 3 aliphatic rings. The van der Waals surface area contributed by atoms with Crippen LogP contribution in [0, 0.1) is 25.7 Å². The number of hydrogen-bond donors (Lipinski definition) is 3. The van der Waals surface area contributed by atoms with Gasteiger partial charge in [0, 0.05) is 29.9 Å². The summed E-state index contributed by atoms with van der Waals surface area (Å²) in [7, 11) is 1.66. The Balaban J connectivity index is 0.000000206. The number of pyridine rings is 1. The molecule has 6 atom stereocenters. The number of aryl methyl sites for hydroxylation is 2. The van der Waals surface area contributed by atoms with Crippen LogP contribution in [0.5, 0.6) is 5.75 Å². The predicted octanol–water partition coefficient (Wildman–Crippen LogP) is 4.76. The zero-order valence-corrected chi connectivity index (χ0v) is 22.9. The largest absolute Gasteiger partial charge is 0.497 e. The first-order chi connectivity index (χ1) is 18.2. The number of ether oxygens (including phenoxy) is 1. The molecule has 3 fully saturated rings. The molecule has 1 amide bonds. The molecule has 0 radical (unpaired) electrons. The summed E-state index contributed by atoms with van der Waals surface area (Å²) in [6, 6.07) is 13.4. The Bertz CT molecular complexity index is 1270. The minimum Gasteiger partial charge on any atom is -0.497 e. The Morgan fingerprint density at radius 3 is 2.61 bits per heavy atom. The first kappa shape index (κ1) is 27.8. The van der Waals surface area contributed by atoms with Crippen LogP contribution in [0.4, 0.5) is 5.69 Å². The predicted molar refractivity (Wildman–Crippen MR) is 153 cm³/mol. The third-order valence-corrected chi connectivity index (χ3v) is 7.96. The Morgan fingerprint density at radius 1 is 1.26 bits per heavy atom. The van der Waals surface area contributed by atoms with E-state index in [9.17, 15) is 9.90 Å². The Hall–Kier alpha value is -3.26. The molecule has 3 aliphatic heterocycles. The van der Waals surface area contributed by atoms with Gasteiger partial charge in [0.15, 0.2) is 0 Å². The SMILES string of the molecule is C=C[C@H]1C[N@]2CC[C@H]1C[C@@H]2[C@@H](O)c1ccnc2ccc(OC)cc12.Cc1cccc(C)c1NC(=O)C(C)N. The van der Waals surface area contributed by atoms with Crippen LogP contribution in [0.2, 0.25) is 0 Å². The van der Waals surface area contributed by atoms with E-state index in [1.165, 1.54) is 6.42 Å². The fourth-order valence-corrected chi connectivity index (χ4v) is 5.69. The molecule has 2 aromatic carbocycles. The van der Waals surface area contributed by atoms with Crippen molar-refractivity contribution in [2.75, 3.05) is 25.5 Å². The quantitative estimate of drug-likeness (QED) is 0.409. The highest BCUT2D eigenvalue weighted by Gasteiger charge is 2.42. The van der Waals surface area contributed by atoms with Crippen molar-refractivity contribution in [2.45, 2.75) is 51.8 Å². The zero-order chi connectivity index (χ0) is 27.4. The van der Waals surface area contributed by atoms with Crippen molar-refractivity contribution in [1.82, 2.24) is 9.88 Å². The molecule has 0 spiro atoms. The number of methoxy groups -OCH3 is 1. The number of rotatable bonds is 6. The summed E-state index contributed by atoms with van der Waals surface area (Å²) in [5, 5.41) is 14.9. The van der Waals surface area contributed by atoms with E-state index in [4.69, 9.17) is 10.5 Å². The average Bonchev–Trinajstić information content (AvgIpc) is 2.94. The first-order valence-corrected chi connectivity index (χ1v) is 13.3. The number of piperidine rings is 3. The fraction of sp³-hybridized carbons (Fsp3) is 0.419. The van der Waals surface area contributed by atoms with Crippen molar-refractivity contribution >= 4 is 22.5 Å². The lowest BCUT2D eigenvalue weighted by Crippen LogP contribution is -2.54. The standard InChI is InChI=1S/C20H24N2O2.C11H16N2O/c1-3-13-12-22-9-7-14(13)10-19(22)20(23)16-6-8-21-18-5-4-15(24-2)11-17(16)18;1-7-5-4-6-8(2)10(7)13-11(14)9(3)12/h3-6,8,11,13-14,19-20,23H,1,7,9-10,12H2,2H3;4-6,9H,12H2,1-3H3,(H,13,14)/t13-,14-,19+,20-;/m0./s1. The molecular weight excluding hydrogens is 476 g/mol. The normalized spacial score (nSPS) is 23.6. The summed E-state index contributed by atoms with van der Waals surface area (Å²) < 4.78 is 5.35. The van der Waals surface area contributed by atoms with E-state index < -0.39 is 12.1 Å². The van der Waals surface area contributed by atoms with Gasteiger partial charge in [0.25, 0.3) is 0 Å². The minimum absolute atomic E-state index is 0.151. The van der Waals surface area contributed by atoms with E-state index in [0.717, 1.165) is 58.5 Å². The van der Waals surface area contributed by atoms with Crippen LogP contribution in [0.1, 0.15) is 42.6 Å². The van der Waals surface area contributed by atoms with Gasteiger partial charge in [0.2, 0.25) is 5.91 Å². The monoisotopic (exact) mass is 516 g/mol. The number of nitrogens with zero attached hydrogens (tertiary/aromatic N) is 2. The van der Waals surface area contributed by atoms with Gasteiger partial charge < -0.3 is 20.9 Å². The van der Waals surface area contributed by atoms with Crippen LogP contribution >= 0.6 is 0 Å². The molecular formula is C31H40N4O3. The number of carbonyl (C=O) groups is 1. The second-order valence-corrected chi connectivity index (χ2v) is 10.5. The average molecular weight is 517 g/mol. The Labute approximate surface area is 225 Å². The molecule has 6 rings (SSSR count). The van der Waals surface area contributed by atoms with Crippen molar-refractivity contribution in [3.8, 4) is 5.75 Å². The number of nitrogens with one attached hydrogen (secondary N) is 1. The van der Waals surface area contributed by atoms with Crippen molar-refractivity contribution < 1.29 is 14.6 Å². The Morgan fingerprint density at radius 2 is 2.00 bits per heavy atom. The molecule has 202 valence electrons. The van der Waals surface area contributed by atoms with E-state index in [1.807, 2.05) is 56.3 Å². The highest BCUT2D eigenvalue weighted by Crippen LogP contribution is 2.42. The molecule has 1 unspecified atom stereocenters. The van der Waals surface area contributed by atoms with Crippen LogP contribution in [0.25, 0.3) is 10.9 Å².